The number of rotatable bonds is 11. The van der Waals surface area contributed by atoms with E-state index in [1.165, 1.54) is 12.1 Å². The van der Waals surface area contributed by atoms with E-state index in [-0.39, 0.29) is 30.2 Å². The Balaban J connectivity index is 1.90. The molecule has 0 saturated carbocycles. The summed E-state index contributed by atoms with van der Waals surface area (Å²) in [5.74, 6) is -1.01. The average molecular weight is 483 g/mol. The minimum atomic E-state index is -0.722. The summed E-state index contributed by atoms with van der Waals surface area (Å²) in [4.78, 5) is 28.1. The molecule has 9 heteroatoms. The average Bonchev–Trinajstić information content (AvgIpc) is 3.16. The third-order valence-corrected chi connectivity index (χ3v) is 5.48. The van der Waals surface area contributed by atoms with Gasteiger partial charge < -0.3 is 14.6 Å². The van der Waals surface area contributed by atoms with Crippen LogP contribution in [0.15, 0.2) is 48.7 Å². The van der Waals surface area contributed by atoms with Gasteiger partial charge in [-0.25, -0.2) is 4.39 Å². The molecule has 186 valence electrons. The zero-order valence-electron chi connectivity index (χ0n) is 20.5. The molecular formula is C26H31FN4O4. The van der Waals surface area contributed by atoms with Crippen LogP contribution in [0, 0.1) is 15.9 Å². The number of halogens is 1. The Kier molecular flexibility index (Phi) is 8.70. The van der Waals surface area contributed by atoms with Crippen molar-refractivity contribution in [2.45, 2.75) is 59.2 Å². The molecule has 2 aromatic heterocycles. The number of carbonyl (C=O) groups excluding carboxylic acids is 1. The van der Waals surface area contributed by atoms with E-state index in [0.717, 1.165) is 23.1 Å². The van der Waals surface area contributed by atoms with Gasteiger partial charge in [0.1, 0.15) is 5.82 Å². The summed E-state index contributed by atoms with van der Waals surface area (Å²) in [6.45, 7) is 8.97. The lowest BCUT2D eigenvalue weighted by Gasteiger charge is -2.17. The number of amides is 1. The molecule has 0 bridgehead atoms. The molecule has 2 heterocycles. The second-order valence-electron chi connectivity index (χ2n) is 8.92. The molecule has 3 aromatic rings. The first-order valence-corrected chi connectivity index (χ1v) is 11.6. The minimum Gasteiger partial charge on any atom is -0.378 e. The van der Waals surface area contributed by atoms with Crippen LogP contribution in [0.25, 0.3) is 0 Å². The Labute approximate surface area is 204 Å². The number of nitrogens with one attached hydrogen (secondary N) is 1. The molecule has 0 unspecified atom stereocenters. The summed E-state index contributed by atoms with van der Waals surface area (Å²) in [5, 5.41) is 13.8. The lowest BCUT2D eigenvalue weighted by atomic mass is 10.0. The molecule has 3 rings (SSSR count). The number of aromatic nitrogens is 2. The molecule has 35 heavy (non-hydrogen) atoms. The molecule has 1 amide bonds. The monoisotopic (exact) mass is 482 g/mol. The van der Waals surface area contributed by atoms with Crippen LogP contribution in [0.4, 0.5) is 10.1 Å². The Morgan fingerprint density at radius 2 is 1.97 bits per heavy atom. The maximum atomic E-state index is 13.8. The van der Waals surface area contributed by atoms with Crippen LogP contribution >= 0.6 is 0 Å². The van der Waals surface area contributed by atoms with E-state index in [0.29, 0.717) is 30.7 Å². The standard InChI is InChI=1S/C26H31FN4O4/c1-17(2)25-24(26(32)29-15-19-11-20(27)13-23(12-19)31(33)34)14-22(8-10-35-18(3)4)30(25)16-21-7-5-6-9-28-21/h5-7,9,11-14,17-18H,8,10,15-16H2,1-4H3,(H,29,32). The van der Waals surface area contributed by atoms with Gasteiger partial charge in [0.25, 0.3) is 11.6 Å². The molecule has 1 aromatic carbocycles. The largest absolute Gasteiger partial charge is 0.378 e. The SMILES string of the molecule is CC(C)OCCc1cc(C(=O)NCc2cc(F)cc([N+](=O)[O-])c2)c(C(C)C)n1Cc1ccccn1. The number of benzene rings is 1. The fourth-order valence-corrected chi connectivity index (χ4v) is 3.99. The van der Waals surface area contributed by atoms with Gasteiger partial charge in [0, 0.05) is 36.6 Å². The van der Waals surface area contributed by atoms with Gasteiger partial charge in [0.15, 0.2) is 0 Å². The Morgan fingerprint density at radius 3 is 2.60 bits per heavy atom. The predicted molar refractivity (Wildman–Crippen MR) is 131 cm³/mol. The van der Waals surface area contributed by atoms with Gasteiger partial charge in [0.2, 0.25) is 0 Å². The number of nitrogens with zero attached hydrogens (tertiary/aromatic N) is 3. The van der Waals surface area contributed by atoms with Gasteiger partial charge in [-0.1, -0.05) is 19.9 Å². The maximum Gasteiger partial charge on any atom is 0.272 e. The molecule has 0 aliphatic heterocycles. The molecule has 0 aliphatic carbocycles. The first-order valence-electron chi connectivity index (χ1n) is 11.6. The third-order valence-electron chi connectivity index (χ3n) is 5.48. The van der Waals surface area contributed by atoms with Crippen LogP contribution in [0.5, 0.6) is 0 Å². The van der Waals surface area contributed by atoms with E-state index in [1.807, 2.05) is 52.0 Å². The second-order valence-corrected chi connectivity index (χ2v) is 8.92. The van der Waals surface area contributed by atoms with Gasteiger partial charge in [-0.2, -0.15) is 0 Å². The Morgan fingerprint density at radius 1 is 1.20 bits per heavy atom. The second kappa shape index (κ2) is 11.7. The fraction of sp³-hybridized carbons (Fsp3) is 0.385. The summed E-state index contributed by atoms with van der Waals surface area (Å²) in [6.07, 6.45) is 2.45. The smallest absolute Gasteiger partial charge is 0.272 e. The molecule has 0 aliphatic rings. The van der Waals surface area contributed by atoms with Gasteiger partial charge in [-0.3, -0.25) is 19.9 Å². The molecule has 0 atom stereocenters. The lowest BCUT2D eigenvalue weighted by Crippen LogP contribution is -2.24. The Hall–Kier alpha value is -3.59. The molecule has 0 spiro atoms. The highest BCUT2D eigenvalue weighted by Gasteiger charge is 2.23. The van der Waals surface area contributed by atoms with E-state index < -0.39 is 10.7 Å². The highest BCUT2D eigenvalue weighted by atomic mass is 19.1. The molecule has 0 radical (unpaired) electrons. The van der Waals surface area contributed by atoms with Gasteiger partial charge >= 0.3 is 0 Å². The van der Waals surface area contributed by atoms with E-state index >= 15 is 0 Å². The van der Waals surface area contributed by atoms with Crippen molar-refractivity contribution < 1.29 is 18.8 Å². The maximum absolute atomic E-state index is 13.8. The van der Waals surface area contributed by atoms with Crippen molar-refractivity contribution in [2.75, 3.05) is 6.61 Å². The van der Waals surface area contributed by atoms with Crippen LogP contribution in [0.1, 0.15) is 66.6 Å². The number of nitro benzene ring substituents is 1. The van der Waals surface area contributed by atoms with Crippen LogP contribution in [-0.2, 0) is 24.2 Å². The summed E-state index contributed by atoms with van der Waals surface area (Å²) in [6, 6.07) is 10.9. The summed E-state index contributed by atoms with van der Waals surface area (Å²) < 4.78 is 21.7. The summed E-state index contributed by atoms with van der Waals surface area (Å²) in [5.41, 5.74) is 3.15. The fourth-order valence-electron chi connectivity index (χ4n) is 3.99. The molecule has 8 nitrogen and oxygen atoms in total. The van der Waals surface area contributed by atoms with Crippen molar-refractivity contribution in [3.63, 3.8) is 0 Å². The number of ether oxygens (including phenoxy) is 1. The van der Waals surface area contributed by atoms with Gasteiger partial charge in [-0.05, 0) is 49.6 Å². The predicted octanol–water partition coefficient (Wildman–Crippen LogP) is 5.00. The quantitative estimate of drug-likeness (QED) is 0.306. The highest BCUT2D eigenvalue weighted by Crippen LogP contribution is 2.26. The van der Waals surface area contributed by atoms with Crippen molar-refractivity contribution in [1.82, 2.24) is 14.9 Å². The highest BCUT2D eigenvalue weighted by molar-refractivity contribution is 5.96. The first-order chi connectivity index (χ1) is 16.7. The number of hydrogen-bond acceptors (Lipinski definition) is 5. The summed E-state index contributed by atoms with van der Waals surface area (Å²) in [7, 11) is 0. The van der Waals surface area contributed by atoms with Gasteiger partial charge in [0.05, 0.1) is 41.5 Å². The van der Waals surface area contributed by atoms with E-state index in [2.05, 4.69) is 14.9 Å². The van der Waals surface area contributed by atoms with Crippen molar-refractivity contribution in [3.8, 4) is 0 Å². The van der Waals surface area contributed by atoms with Crippen molar-refractivity contribution in [3.05, 3.63) is 92.8 Å². The Bertz CT molecular complexity index is 1180. The van der Waals surface area contributed by atoms with Crippen LogP contribution in [0.2, 0.25) is 0 Å². The van der Waals surface area contributed by atoms with E-state index in [1.54, 1.807) is 6.20 Å². The van der Waals surface area contributed by atoms with Crippen molar-refractivity contribution in [2.24, 2.45) is 0 Å². The number of hydrogen-bond donors (Lipinski definition) is 1. The van der Waals surface area contributed by atoms with E-state index in [9.17, 15) is 19.3 Å². The molecule has 1 N–H and O–H groups in total. The van der Waals surface area contributed by atoms with Crippen LogP contribution < -0.4 is 5.32 Å². The number of nitro groups is 1. The zero-order chi connectivity index (χ0) is 25.5. The van der Waals surface area contributed by atoms with Crippen LogP contribution in [0.3, 0.4) is 0 Å². The number of carbonyl (C=O) groups is 1. The number of pyridine rings is 1. The molecular weight excluding hydrogens is 451 g/mol. The van der Waals surface area contributed by atoms with Crippen molar-refractivity contribution in [1.29, 1.82) is 0 Å². The number of non-ortho nitro benzene ring substituents is 1. The van der Waals surface area contributed by atoms with Crippen molar-refractivity contribution >= 4 is 11.6 Å². The minimum absolute atomic E-state index is 0.0355. The van der Waals surface area contributed by atoms with Gasteiger partial charge in [-0.15, -0.1) is 0 Å². The summed E-state index contributed by atoms with van der Waals surface area (Å²) >= 11 is 0. The topological polar surface area (TPSA) is 99.3 Å². The molecule has 0 fully saturated rings. The molecule has 0 saturated heterocycles. The lowest BCUT2D eigenvalue weighted by molar-refractivity contribution is -0.385. The van der Waals surface area contributed by atoms with E-state index in [4.69, 9.17) is 4.74 Å². The first kappa shape index (κ1) is 26.0. The van der Waals surface area contributed by atoms with Crippen LogP contribution in [-0.4, -0.2) is 33.1 Å². The normalized spacial score (nSPS) is 11.3. The third kappa shape index (κ3) is 6.95. The zero-order valence-corrected chi connectivity index (χ0v) is 20.5.